The minimum atomic E-state index is -1.14. The summed E-state index contributed by atoms with van der Waals surface area (Å²) in [7, 11) is 7.78. The quantitative estimate of drug-likeness (QED) is 0.0125. The Hall–Kier alpha value is -10.7. The molecule has 0 unspecified atom stereocenters. The monoisotopic (exact) mass is 1220 g/mol. The van der Waals surface area contributed by atoms with Crippen molar-refractivity contribution in [3.05, 3.63) is 207 Å². The van der Waals surface area contributed by atoms with Gasteiger partial charge in [-0.2, -0.15) is 20.5 Å². The normalized spacial score (nSPS) is 11.2. The number of ether oxygens (including phenoxy) is 2. The molecule has 4 amide bonds. The fraction of sp³-hybridized carbons (Fsp3) is 0.266. The average molecular weight is 1220 g/mol. The van der Waals surface area contributed by atoms with Crippen molar-refractivity contribution in [1.82, 2.24) is 21.3 Å². The van der Waals surface area contributed by atoms with Gasteiger partial charge in [0.15, 0.2) is 40.6 Å². The highest BCUT2D eigenvalue weighted by Gasteiger charge is 2.24. The number of nitrogens with zero attached hydrogens (tertiary/aromatic N) is 9. The molecule has 466 valence electrons. The molecule has 7 aromatic rings. The first-order chi connectivity index (χ1) is 41.9. The molecule has 0 heterocycles. The van der Waals surface area contributed by atoms with Crippen LogP contribution in [0.1, 0.15) is 89.7 Å². The molecule has 0 bridgehead atoms. The molecule has 0 spiro atoms. The Balaban J connectivity index is 0.000000389. The molecule has 0 fully saturated rings. The van der Waals surface area contributed by atoms with E-state index in [4.69, 9.17) is 20.1 Å². The summed E-state index contributed by atoms with van der Waals surface area (Å²) < 4.78 is 67.5. The number of carbonyl (C=O) groups is 5. The van der Waals surface area contributed by atoms with Crippen LogP contribution in [0.5, 0.6) is 11.5 Å². The van der Waals surface area contributed by atoms with E-state index in [0.717, 1.165) is 35.6 Å². The number of aromatic hydroxyl groups is 1. The zero-order chi connectivity index (χ0) is 63.9. The SMILES string of the molecule is C.CN(C)c1ccc(N=Nc2ccc(C(=O)NCc3cc(F)c(O)c(F)c3)cc2)cc1.CN(C)c1ccc(N=Nc2ccc(C(=O)NCc3cc(F)c(OCC(=O)[C@H](CCCCNC(=O)OC(C)(C)C)NC(=O)c4cccc(N=[N+]=[N-])c4)c(F)c3)cc2)cc1. The van der Waals surface area contributed by atoms with Gasteiger partial charge in [-0.1, -0.05) is 24.7 Å². The predicted molar refractivity (Wildman–Crippen MR) is 331 cm³/mol. The lowest BCUT2D eigenvalue weighted by Gasteiger charge is -2.20. The van der Waals surface area contributed by atoms with Crippen LogP contribution in [0.25, 0.3) is 10.4 Å². The van der Waals surface area contributed by atoms with Gasteiger partial charge in [-0.3, -0.25) is 19.2 Å². The molecule has 0 aromatic heterocycles. The van der Waals surface area contributed by atoms with Gasteiger partial charge in [0.2, 0.25) is 0 Å². The van der Waals surface area contributed by atoms with Crippen molar-refractivity contribution in [3.8, 4) is 11.5 Å². The zero-order valence-corrected chi connectivity index (χ0v) is 49.2. The van der Waals surface area contributed by atoms with Gasteiger partial charge < -0.3 is 45.6 Å². The van der Waals surface area contributed by atoms with Crippen molar-refractivity contribution in [1.29, 1.82) is 0 Å². The Bertz CT molecular complexity index is 3630. The van der Waals surface area contributed by atoms with Gasteiger partial charge in [0.05, 0.1) is 28.8 Å². The number of hydrogen-bond acceptors (Lipinski definition) is 15. The Morgan fingerprint density at radius 1 is 0.573 bits per heavy atom. The van der Waals surface area contributed by atoms with E-state index in [1.165, 1.54) is 24.3 Å². The smallest absolute Gasteiger partial charge is 0.407 e. The molecule has 0 aliphatic carbocycles. The van der Waals surface area contributed by atoms with Crippen LogP contribution in [-0.4, -0.2) is 87.7 Å². The molecule has 0 saturated heterocycles. The number of rotatable bonds is 24. The van der Waals surface area contributed by atoms with E-state index in [1.807, 2.05) is 86.5 Å². The van der Waals surface area contributed by atoms with Crippen LogP contribution in [0.3, 0.4) is 0 Å². The summed E-state index contributed by atoms with van der Waals surface area (Å²) in [5, 5.41) is 39.7. The summed E-state index contributed by atoms with van der Waals surface area (Å²) in [6.45, 7) is 4.32. The van der Waals surface area contributed by atoms with Crippen molar-refractivity contribution < 1.29 is 56.1 Å². The minimum Gasteiger partial charge on any atom is -0.503 e. The summed E-state index contributed by atoms with van der Waals surface area (Å²) in [6.07, 6.45) is 0.266. The number of anilines is 2. The Kier molecular flexibility index (Phi) is 25.8. The topological polar surface area (TPSA) is 277 Å². The summed E-state index contributed by atoms with van der Waals surface area (Å²) >= 11 is 0. The number of Topliss-reactive ketones (excluding diaryl/α,β-unsaturated/α-hetero) is 1. The number of amides is 4. The molecule has 0 saturated carbocycles. The third-order valence-corrected chi connectivity index (χ3v) is 12.5. The molecule has 5 N–H and O–H groups in total. The molecule has 21 nitrogen and oxygen atoms in total. The van der Waals surface area contributed by atoms with Crippen molar-refractivity contribution in [2.24, 2.45) is 25.6 Å². The number of alkyl carbamates (subject to hydrolysis) is 1. The third kappa shape index (κ3) is 22.3. The van der Waals surface area contributed by atoms with Crippen LogP contribution in [-0.2, 0) is 22.6 Å². The lowest BCUT2D eigenvalue weighted by molar-refractivity contribution is -0.123. The first kappa shape index (κ1) is 69.1. The lowest BCUT2D eigenvalue weighted by Crippen LogP contribution is -2.43. The fourth-order valence-electron chi connectivity index (χ4n) is 7.90. The van der Waals surface area contributed by atoms with Crippen LogP contribution < -0.4 is 35.8 Å². The second kappa shape index (κ2) is 33.3. The van der Waals surface area contributed by atoms with Crippen LogP contribution >= 0.6 is 0 Å². The maximum absolute atomic E-state index is 15.1. The number of hydrogen-bond donors (Lipinski definition) is 5. The molecule has 0 aliphatic rings. The number of carbonyl (C=O) groups excluding carboxylic acids is 5. The predicted octanol–water partition coefficient (Wildman–Crippen LogP) is 14.5. The summed E-state index contributed by atoms with van der Waals surface area (Å²) in [5.41, 5.74) is 13.8. The van der Waals surface area contributed by atoms with E-state index in [0.29, 0.717) is 41.2 Å². The number of nitrogens with one attached hydrogen (secondary N) is 4. The Morgan fingerprint density at radius 3 is 1.44 bits per heavy atom. The van der Waals surface area contributed by atoms with E-state index in [1.54, 1.807) is 69.3 Å². The van der Waals surface area contributed by atoms with Gasteiger partial charge in [-0.25, -0.2) is 22.4 Å². The number of phenolic OH excluding ortho intramolecular Hbond substituents is 1. The third-order valence-electron chi connectivity index (χ3n) is 12.5. The standard InChI is InChI=1S/C41H45F2N9O6.C22H20F2N4O2.CH4/c1-41(2,3)58-40(56)45-20-7-6-11-35(47-39(55)28-9-8-10-31(23-28)50-51-44)36(53)25-57-37-33(42)21-26(22-34(37)43)24-46-38(54)27-12-14-29(15-13-27)48-49-30-16-18-32(19-17-30)52(4)5;1-28(2)18-9-7-17(8-10-18)27-26-16-5-3-15(4-6-16)22(30)25-13-14-11-19(23)21(29)20(24)12-14;/h8-10,12-19,21-23,35H,6-7,11,20,24-25H2,1-5H3,(H,45,56)(H,46,54)(H,47,55);3-12,29H,13H2,1-2H3,(H,25,30);1H4/t35-;;/m0../s1. The molecule has 7 aromatic carbocycles. The second-order valence-electron chi connectivity index (χ2n) is 20.9. The zero-order valence-electron chi connectivity index (χ0n) is 49.2. The molecule has 89 heavy (non-hydrogen) atoms. The highest BCUT2D eigenvalue weighted by molar-refractivity contribution is 5.99. The number of halogens is 4. The largest absolute Gasteiger partial charge is 0.503 e. The summed E-state index contributed by atoms with van der Waals surface area (Å²) in [5.74, 6) is -8.46. The van der Waals surface area contributed by atoms with Crippen molar-refractivity contribution in [2.75, 3.05) is 51.1 Å². The van der Waals surface area contributed by atoms with Crippen molar-refractivity contribution in [3.63, 3.8) is 0 Å². The average Bonchev–Trinajstić information content (AvgIpc) is 3.70. The van der Waals surface area contributed by atoms with Gasteiger partial charge in [0, 0.05) is 86.5 Å². The molecular formula is C64H69F4N13O8. The second-order valence-corrected chi connectivity index (χ2v) is 20.9. The molecule has 25 heteroatoms. The van der Waals surface area contributed by atoms with Crippen LogP contribution in [0.15, 0.2) is 171 Å². The highest BCUT2D eigenvalue weighted by atomic mass is 19.1. The van der Waals surface area contributed by atoms with Crippen molar-refractivity contribution >= 4 is 69.4 Å². The van der Waals surface area contributed by atoms with Gasteiger partial charge in [0.25, 0.3) is 17.7 Å². The molecule has 1 atom stereocenters. The Labute approximate surface area is 512 Å². The van der Waals surface area contributed by atoms with E-state index in [-0.39, 0.29) is 61.4 Å². The molecule has 0 radical (unpaired) electrons. The van der Waals surface area contributed by atoms with Gasteiger partial charge >= 0.3 is 6.09 Å². The van der Waals surface area contributed by atoms with Gasteiger partial charge in [-0.05, 0) is 190 Å². The van der Waals surface area contributed by atoms with E-state index >= 15 is 8.78 Å². The van der Waals surface area contributed by atoms with Crippen LogP contribution in [0.2, 0.25) is 0 Å². The maximum atomic E-state index is 15.1. The first-order valence-corrected chi connectivity index (χ1v) is 27.3. The lowest BCUT2D eigenvalue weighted by atomic mass is 10.0. The first-order valence-electron chi connectivity index (χ1n) is 27.3. The number of ketones is 1. The van der Waals surface area contributed by atoms with Crippen molar-refractivity contribution in [2.45, 2.75) is 72.2 Å². The molecule has 7 rings (SSSR count). The van der Waals surface area contributed by atoms with Crippen LogP contribution in [0, 0.1) is 23.3 Å². The number of azide groups is 1. The van der Waals surface area contributed by atoms with Crippen LogP contribution in [0.4, 0.5) is 62.2 Å². The highest BCUT2D eigenvalue weighted by Crippen LogP contribution is 2.27. The number of phenols is 1. The van der Waals surface area contributed by atoms with E-state index < -0.39 is 82.6 Å². The van der Waals surface area contributed by atoms with Gasteiger partial charge in [0.1, 0.15) is 12.2 Å². The molecule has 0 aliphatic heterocycles. The maximum Gasteiger partial charge on any atom is 0.407 e. The van der Waals surface area contributed by atoms with E-state index in [2.05, 4.69) is 51.8 Å². The number of azo groups is 2. The molecular weight excluding hydrogens is 1150 g/mol. The van der Waals surface area contributed by atoms with Gasteiger partial charge in [-0.15, -0.1) is 0 Å². The summed E-state index contributed by atoms with van der Waals surface area (Å²) in [6, 6.07) is 36.4. The fourth-order valence-corrected chi connectivity index (χ4v) is 7.90. The Morgan fingerprint density at radius 2 is 1.01 bits per heavy atom. The van der Waals surface area contributed by atoms with E-state index in [9.17, 15) is 32.8 Å². The number of unbranched alkanes of at least 4 members (excludes halogenated alkanes) is 1. The summed E-state index contributed by atoms with van der Waals surface area (Å²) in [4.78, 5) is 70.1. The minimum absolute atomic E-state index is 0. The number of benzene rings is 7.